The SMILES string of the molecule is CCCCCCC(C)CCCO.O=S(=O)(O)O.[NaH]. The van der Waals surface area contributed by atoms with Crippen LogP contribution in [0.3, 0.4) is 0 Å². The van der Waals surface area contributed by atoms with Gasteiger partial charge in [0.1, 0.15) is 0 Å². The molecule has 0 saturated heterocycles. The molecule has 18 heavy (non-hydrogen) atoms. The summed E-state index contributed by atoms with van der Waals surface area (Å²) in [7, 11) is -4.67. The summed E-state index contributed by atoms with van der Waals surface area (Å²) >= 11 is 0. The molecular weight excluding hydrogens is 267 g/mol. The van der Waals surface area contributed by atoms with E-state index in [4.69, 9.17) is 22.6 Å². The fourth-order valence-electron chi connectivity index (χ4n) is 1.50. The van der Waals surface area contributed by atoms with Crippen molar-refractivity contribution in [3.8, 4) is 0 Å². The number of rotatable bonds is 8. The van der Waals surface area contributed by atoms with Crippen molar-refractivity contribution < 1.29 is 22.6 Å². The first kappa shape index (κ1) is 23.9. The van der Waals surface area contributed by atoms with Gasteiger partial charge >= 0.3 is 40.0 Å². The molecule has 0 rings (SSSR count). The Balaban J connectivity index is -0.000000321. The van der Waals surface area contributed by atoms with Gasteiger partial charge in [0.15, 0.2) is 0 Å². The topological polar surface area (TPSA) is 94.8 Å². The second-order valence-electron chi connectivity index (χ2n) is 4.27. The Labute approximate surface area is 133 Å². The summed E-state index contributed by atoms with van der Waals surface area (Å²) in [5, 5.41) is 8.62. The van der Waals surface area contributed by atoms with Crippen LogP contribution in [-0.4, -0.2) is 58.8 Å². The van der Waals surface area contributed by atoms with E-state index in [1.165, 1.54) is 38.5 Å². The van der Waals surface area contributed by atoms with Gasteiger partial charge in [-0.05, 0) is 18.8 Å². The molecule has 0 amide bonds. The number of aliphatic hydroxyl groups is 1. The molecule has 1 unspecified atom stereocenters. The maximum absolute atomic E-state index is 8.74. The third-order valence-electron chi connectivity index (χ3n) is 2.41. The Morgan fingerprint density at radius 3 is 1.83 bits per heavy atom. The van der Waals surface area contributed by atoms with Crippen LogP contribution in [0.5, 0.6) is 0 Å². The molecule has 0 fully saturated rings. The molecule has 0 aliphatic rings. The van der Waals surface area contributed by atoms with E-state index in [2.05, 4.69) is 13.8 Å². The average molecular weight is 294 g/mol. The molecule has 0 aromatic heterocycles. The second-order valence-corrected chi connectivity index (χ2v) is 5.16. The van der Waals surface area contributed by atoms with Crippen LogP contribution in [-0.2, 0) is 10.4 Å². The molecule has 1 atom stereocenters. The molecule has 108 valence electrons. The van der Waals surface area contributed by atoms with Crippen molar-refractivity contribution in [2.45, 2.75) is 58.8 Å². The van der Waals surface area contributed by atoms with Crippen LogP contribution >= 0.6 is 0 Å². The fraction of sp³-hybridized carbons (Fsp3) is 1.00. The Hall–Kier alpha value is 0.830. The summed E-state index contributed by atoms with van der Waals surface area (Å²) in [5.74, 6) is 0.814. The van der Waals surface area contributed by atoms with Gasteiger partial charge in [0, 0.05) is 6.61 Å². The molecule has 3 N–H and O–H groups in total. The van der Waals surface area contributed by atoms with Crippen LogP contribution in [0.1, 0.15) is 58.8 Å². The van der Waals surface area contributed by atoms with E-state index in [0.29, 0.717) is 6.61 Å². The Morgan fingerprint density at radius 2 is 1.44 bits per heavy atom. The molecule has 0 aliphatic heterocycles. The molecule has 0 saturated carbocycles. The zero-order chi connectivity index (χ0) is 13.7. The van der Waals surface area contributed by atoms with E-state index in [9.17, 15) is 0 Å². The van der Waals surface area contributed by atoms with Gasteiger partial charge in [-0.2, -0.15) is 8.42 Å². The minimum atomic E-state index is -4.67. The summed E-state index contributed by atoms with van der Waals surface area (Å²) in [6.07, 6.45) is 9.00. The summed E-state index contributed by atoms with van der Waals surface area (Å²) in [6, 6.07) is 0. The third kappa shape index (κ3) is 36.0. The predicted octanol–water partition coefficient (Wildman–Crippen LogP) is 2.06. The quantitative estimate of drug-likeness (QED) is 0.362. The first-order valence-corrected chi connectivity index (χ1v) is 7.51. The van der Waals surface area contributed by atoms with Gasteiger partial charge in [0.2, 0.25) is 0 Å². The zero-order valence-electron chi connectivity index (χ0n) is 10.8. The molecule has 0 aromatic carbocycles. The van der Waals surface area contributed by atoms with Gasteiger partial charge in [-0.25, -0.2) is 0 Å². The number of unbranched alkanes of at least 4 members (excludes halogenated alkanes) is 3. The summed E-state index contributed by atoms with van der Waals surface area (Å²) < 4.78 is 31.6. The van der Waals surface area contributed by atoms with Crippen molar-refractivity contribution in [2.24, 2.45) is 5.92 Å². The number of hydrogen-bond acceptors (Lipinski definition) is 3. The van der Waals surface area contributed by atoms with Gasteiger partial charge in [-0.1, -0.05) is 46.0 Å². The van der Waals surface area contributed by atoms with E-state index in [-0.39, 0.29) is 29.6 Å². The average Bonchev–Trinajstić information content (AvgIpc) is 2.19. The maximum atomic E-state index is 8.74. The van der Waals surface area contributed by atoms with Gasteiger partial charge in [0.25, 0.3) is 0 Å². The molecule has 0 radical (unpaired) electrons. The van der Waals surface area contributed by atoms with Crippen LogP contribution in [0.4, 0.5) is 0 Å². The van der Waals surface area contributed by atoms with Crippen molar-refractivity contribution in [1.82, 2.24) is 0 Å². The molecule has 0 aromatic rings. The molecule has 0 spiro atoms. The van der Waals surface area contributed by atoms with E-state index in [1.54, 1.807) is 0 Å². The molecule has 5 nitrogen and oxygen atoms in total. The third-order valence-corrected chi connectivity index (χ3v) is 2.41. The van der Waals surface area contributed by atoms with Crippen LogP contribution in [0.25, 0.3) is 0 Å². The van der Waals surface area contributed by atoms with Gasteiger partial charge in [-0.3, -0.25) is 9.11 Å². The van der Waals surface area contributed by atoms with E-state index >= 15 is 0 Å². The van der Waals surface area contributed by atoms with E-state index in [1.807, 2.05) is 0 Å². The molecule has 7 heteroatoms. The van der Waals surface area contributed by atoms with Crippen LogP contribution in [0.15, 0.2) is 0 Å². The normalized spacial score (nSPS) is 12.1. The van der Waals surface area contributed by atoms with Gasteiger partial charge in [0.05, 0.1) is 0 Å². The Morgan fingerprint density at radius 1 is 1.00 bits per heavy atom. The monoisotopic (exact) mass is 294 g/mol. The first-order chi connectivity index (χ1) is 7.81. The van der Waals surface area contributed by atoms with Gasteiger partial charge in [-0.15, -0.1) is 0 Å². The standard InChI is InChI=1S/C11H24O.Na.H2O4S.H/c1-3-4-5-6-8-11(2)9-7-10-12;;1-5(2,3)4;/h11-12H,3-10H2,1-2H3;;(H2,1,2,3,4);. The molecule has 0 heterocycles. The predicted molar refractivity (Wildman–Crippen MR) is 75.6 cm³/mol. The number of hydrogen-bond donors (Lipinski definition) is 3. The van der Waals surface area contributed by atoms with Crippen LogP contribution in [0.2, 0.25) is 0 Å². The minimum absolute atomic E-state index is 0. The van der Waals surface area contributed by atoms with Crippen molar-refractivity contribution in [3.05, 3.63) is 0 Å². The summed E-state index contributed by atoms with van der Waals surface area (Å²) in [6.45, 7) is 4.90. The van der Waals surface area contributed by atoms with Crippen molar-refractivity contribution >= 4 is 40.0 Å². The molecule has 0 aliphatic carbocycles. The van der Waals surface area contributed by atoms with Crippen molar-refractivity contribution in [1.29, 1.82) is 0 Å². The summed E-state index contributed by atoms with van der Waals surface area (Å²) in [4.78, 5) is 0. The van der Waals surface area contributed by atoms with Crippen LogP contribution < -0.4 is 0 Å². The van der Waals surface area contributed by atoms with E-state index < -0.39 is 10.4 Å². The molecular formula is C11H27NaO5S. The first-order valence-electron chi connectivity index (χ1n) is 6.12. The zero-order valence-corrected chi connectivity index (χ0v) is 11.6. The number of aliphatic hydroxyl groups excluding tert-OH is 1. The van der Waals surface area contributed by atoms with E-state index in [0.717, 1.165) is 12.3 Å². The van der Waals surface area contributed by atoms with Crippen molar-refractivity contribution in [2.75, 3.05) is 6.61 Å². The van der Waals surface area contributed by atoms with Crippen LogP contribution in [0, 0.1) is 5.92 Å². The fourth-order valence-corrected chi connectivity index (χ4v) is 1.50. The Bertz CT molecular complexity index is 236. The Kier molecular flexibility index (Phi) is 21.1. The van der Waals surface area contributed by atoms with Gasteiger partial charge < -0.3 is 5.11 Å². The molecule has 0 bridgehead atoms. The van der Waals surface area contributed by atoms with Crippen molar-refractivity contribution in [3.63, 3.8) is 0 Å². The second kappa shape index (κ2) is 15.9. The summed E-state index contributed by atoms with van der Waals surface area (Å²) in [5.41, 5.74) is 0.